The summed E-state index contributed by atoms with van der Waals surface area (Å²) in [5.74, 6) is -2.72. The molecule has 0 amide bonds. The molecule has 10 nitrogen and oxygen atoms in total. The van der Waals surface area contributed by atoms with E-state index in [-0.39, 0.29) is 25.3 Å². The molecule has 1 rings (SSSR count). The molecule has 0 spiro atoms. The van der Waals surface area contributed by atoms with Gasteiger partial charge < -0.3 is 40.0 Å². The van der Waals surface area contributed by atoms with Crippen LogP contribution in [0.1, 0.15) is 13.8 Å². The second-order valence-electron chi connectivity index (χ2n) is 5.30. The first kappa shape index (κ1) is 21.3. The first-order valence-electron chi connectivity index (χ1n) is 7.95. The normalized spacial score (nSPS) is 28.8. The molecule has 0 bridgehead atoms. The number of aliphatic hydroxyl groups excluding tert-OH is 4. The molecule has 1 saturated heterocycles. The van der Waals surface area contributed by atoms with Gasteiger partial charge in [-0.1, -0.05) is 0 Å². The molecular formula is C15H25NO9. The fraction of sp³-hybridized carbons (Fsp3) is 0.733. The van der Waals surface area contributed by atoms with Gasteiger partial charge in [-0.15, -0.1) is 0 Å². The van der Waals surface area contributed by atoms with E-state index >= 15 is 0 Å². The van der Waals surface area contributed by atoms with E-state index in [2.05, 4.69) is 5.32 Å². The fourth-order valence-corrected chi connectivity index (χ4v) is 2.29. The summed E-state index contributed by atoms with van der Waals surface area (Å²) in [5.41, 5.74) is -0.377. The zero-order valence-electron chi connectivity index (χ0n) is 14.1. The number of nitrogens with one attached hydrogen (secondary N) is 1. The van der Waals surface area contributed by atoms with Gasteiger partial charge in [0.2, 0.25) is 0 Å². The molecule has 0 unspecified atom stereocenters. The molecule has 0 radical (unpaired) electrons. The van der Waals surface area contributed by atoms with Gasteiger partial charge in [-0.2, -0.15) is 0 Å². The van der Waals surface area contributed by atoms with Gasteiger partial charge in [-0.3, -0.25) is 0 Å². The van der Waals surface area contributed by atoms with Crippen molar-refractivity contribution in [1.82, 2.24) is 5.32 Å². The molecule has 10 heteroatoms. The molecule has 1 fully saturated rings. The maximum Gasteiger partial charge on any atom is 0.347 e. The summed E-state index contributed by atoms with van der Waals surface area (Å²) in [7, 11) is 0. The summed E-state index contributed by atoms with van der Waals surface area (Å²) < 4.78 is 14.5. The maximum atomic E-state index is 11.8. The first-order valence-corrected chi connectivity index (χ1v) is 7.95. The Morgan fingerprint density at radius 2 is 1.64 bits per heavy atom. The van der Waals surface area contributed by atoms with Gasteiger partial charge in [0.25, 0.3) is 0 Å². The van der Waals surface area contributed by atoms with Crippen LogP contribution < -0.4 is 5.32 Å². The first-order chi connectivity index (χ1) is 11.9. The van der Waals surface area contributed by atoms with E-state index < -0.39 is 49.1 Å². The monoisotopic (exact) mass is 363 g/mol. The van der Waals surface area contributed by atoms with Crippen molar-refractivity contribution < 1.29 is 44.2 Å². The molecule has 0 aromatic rings. The van der Waals surface area contributed by atoms with Gasteiger partial charge in [0, 0.05) is 12.7 Å². The van der Waals surface area contributed by atoms with E-state index in [9.17, 15) is 24.9 Å². The smallest absolute Gasteiger partial charge is 0.347 e. The molecule has 0 aliphatic carbocycles. The molecule has 0 aromatic carbocycles. The Bertz CT molecular complexity index is 462. The van der Waals surface area contributed by atoms with Crippen molar-refractivity contribution in [2.75, 3.05) is 26.4 Å². The minimum Gasteiger partial charge on any atom is -0.462 e. The molecule has 0 saturated carbocycles. The van der Waals surface area contributed by atoms with Crippen LogP contribution in [0.4, 0.5) is 0 Å². The average molecular weight is 363 g/mol. The van der Waals surface area contributed by atoms with Crippen LogP contribution in [-0.4, -0.2) is 83.3 Å². The van der Waals surface area contributed by atoms with Crippen molar-refractivity contribution in [3.8, 4) is 0 Å². The van der Waals surface area contributed by atoms with Crippen molar-refractivity contribution in [2.45, 2.75) is 38.4 Å². The molecule has 5 atom stereocenters. The van der Waals surface area contributed by atoms with Crippen molar-refractivity contribution >= 4 is 11.9 Å². The van der Waals surface area contributed by atoms with Gasteiger partial charge >= 0.3 is 11.9 Å². The average Bonchev–Trinajstić information content (AvgIpc) is 2.57. The topological polar surface area (TPSA) is 155 Å². The van der Waals surface area contributed by atoms with Crippen LogP contribution in [0.3, 0.4) is 0 Å². The van der Waals surface area contributed by atoms with Crippen LogP contribution in [-0.2, 0) is 23.8 Å². The lowest BCUT2D eigenvalue weighted by Gasteiger charge is -2.40. The zero-order chi connectivity index (χ0) is 19.0. The highest BCUT2D eigenvalue weighted by molar-refractivity contribution is 6.13. The second kappa shape index (κ2) is 10.3. The highest BCUT2D eigenvalue weighted by Crippen LogP contribution is 2.24. The summed E-state index contributed by atoms with van der Waals surface area (Å²) >= 11 is 0. The predicted octanol–water partition coefficient (Wildman–Crippen LogP) is -2.37. The third-order valence-electron chi connectivity index (χ3n) is 3.62. The number of carbonyl (C=O) groups excluding carboxylic acids is 2. The standard InChI is InChI=1S/C15H25NO9/c1-3-23-13(20)9(14(21)24-4-2)6-16-5-8-11(18)12(19)10(7-17)25-15(8)22/h6,8,10-12,15-19,22H,3-5,7H2,1-2H3/t8-,10-,11-,12-,15+/m1/s1. The molecule has 25 heavy (non-hydrogen) atoms. The molecule has 144 valence electrons. The van der Waals surface area contributed by atoms with E-state index in [1.807, 2.05) is 0 Å². The number of carbonyl (C=O) groups is 2. The number of ether oxygens (including phenoxy) is 3. The Kier molecular flexibility index (Phi) is 8.79. The van der Waals surface area contributed by atoms with Crippen LogP contribution in [0.15, 0.2) is 11.8 Å². The van der Waals surface area contributed by atoms with Crippen molar-refractivity contribution in [3.63, 3.8) is 0 Å². The van der Waals surface area contributed by atoms with Crippen LogP contribution >= 0.6 is 0 Å². The quantitative estimate of drug-likeness (QED) is 0.137. The Balaban J connectivity index is 2.76. The summed E-state index contributed by atoms with van der Waals surface area (Å²) in [6.07, 6.45) is -4.27. The largest absolute Gasteiger partial charge is 0.462 e. The lowest BCUT2D eigenvalue weighted by Crippen LogP contribution is -2.57. The molecule has 5 N–H and O–H groups in total. The van der Waals surface area contributed by atoms with Gasteiger partial charge in [-0.05, 0) is 13.8 Å². The predicted molar refractivity (Wildman–Crippen MR) is 82.8 cm³/mol. The molecular weight excluding hydrogens is 338 g/mol. The Labute approximate surface area is 145 Å². The molecule has 1 aliphatic rings. The SMILES string of the molecule is CCOC(=O)C(=CNC[C@@H]1[C@@H](O)[C@H](O)[C@@H](CO)O[C@@H]1O)C(=O)OCC. The number of rotatable bonds is 8. The fourth-order valence-electron chi connectivity index (χ4n) is 2.29. The maximum absolute atomic E-state index is 11.8. The highest BCUT2D eigenvalue weighted by atomic mass is 16.6. The van der Waals surface area contributed by atoms with Gasteiger partial charge in [0.1, 0.15) is 12.2 Å². The number of hydrogen-bond donors (Lipinski definition) is 5. The van der Waals surface area contributed by atoms with Crippen molar-refractivity contribution in [2.24, 2.45) is 5.92 Å². The number of aliphatic hydroxyl groups is 4. The second-order valence-corrected chi connectivity index (χ2v) is 5.30. The van der Waals surface area contributed by atoms with Crippen LogP contribution in [0.2, 0.25) is 0 Å². The van der Waals surface area contributed by atoms with E-state index in [0.717, 1.165) is 6.20 Å². The number of hydrogen-bond acceptors (Lipinski definition) is 10. The van der Waals surface area contributed by atoms with Gasteiger partial charge in [0.15, 0.2) is 11.9 Å². The zero-order valence-corrected chi connectivity index (χ0v) is 14.1. The third kappa shape index (κ3) is 5.65. The van der Waals surface area contributed by atoms with E-state index in [1.54, 1.807) is 13.8 Å². The van der Waals surface area contributed by atoms with Crippen molar-refractivity contribution in [1.29, 1.82) is 0 Å². The lowest BCUT2D eigenvalue weighted by atomic mass is 9.91. The molecule has 0 aromatic heterocycles. The van der Waals surface area contributed by atoms with Crippen LogP contribution in [0.25, 0.3) is 0 Å². The van der Waals surface area contributed by atoms with Crippen LogP contribution in [0, 0.1) is 5.92 Å². The summed E-state index contributed by atoms with van der Waals surface area (Å²) in [4.78, 5) is 23.6. The Morgan fingerprint density at radius 3 is 2.12 bits per heavy atom. The highest BCUT2D eigenvalue weighted by Gasteiger charge is 2.43. The van der Waals surface area contributed by atoms with Gasteiger partial charge in [-0.25, -0.2) is 9.59 Å². The van der Waals surface area contributed by atoms with Gasteiger partial charge in [0.05, 0.1) is 31.8 Å². The van der Waals surface area contributed by atoms with Crippen molar-refractivity contribution in [3.05, 3.63) is 11.8 Å². The summed E-state index contributed by atoms with van der Waals surface area (Å²) in [6.45, 7) is 2.61. The van der Waals surface area contributed by atoms with Crippen LogP contribution in [0.5, 0.6) is 0 Å². The molecule has 1 aliphatic heterocycles. The molecule has 1 heterocycles. The number of esters is 2. The lowest BCUT2D eigenvalue weighted by molar-refractivity contribution is -0.268. The summed E-state index contributed by atoms with van der Waals surface area (Å²) in [6, 6.07) is 0. The van der Waals surface area contributed by atoms with E-state index in [1.165, 1.54) is 0 Å². The van der Waals surface area contributed by atoms with E-state index in [0.29, 0.717) is 0 Å². The minimum atomic E-state index is -1.45. The Morgan fingerprint density at radius 1 is 1.08 bits per heavy atom. The summed E-state index contributed by atoms with van der Waals surface area (Å²) in [5, 5.41) is 41.3. The Hall–Kier alpha value is -1.72. The third-order valence-corrected chi connectivity index (χ3v) is 3.62. The minimum absolute atomic E-state index is 0.0677. The van der Waals surface area contributed by atoms with E-state index in [4.69, 9.17) is 19.3 Å².